The minimum atomic E-state index is -0.443. The molecule has 21 heavy (non-hydrogen) atoms. The molecule has 0 aromatic heterocycles. The summed E-state index contributed by atoms with van der Waals surface area (Å²) in [6, 6.07) is 0. The van der Waals surface area contributed by atoms with Crippen molar-refractivity contribution >= 4 is 11.8 Å². The van der Waals surface area contributed by atoms with Crippen molar-refractivity contribution in [3.63, 3.8) is 0 Å². The largest absolute Gasteiger partial charge is 0.444 e. The summed E-state index contributed by atoms with van der Waals surface area (Å²) < 4.78 is 5.39. The molecule has 1 rings (SSSR count). The van der Waals surface area contributed by atoms with Gasteiger partial charge in [0, 0.05) is 13.1 Å². The second-order valence-corrected chi connectivity index (χ2v) is 7.38. The molecule has 1 N–H and O–H groups in total. The van der Waals surface area contributed by atoms with Crippen LogP contribution in [0.2, 0.25) is 0 Å². The van der Waals surface area contributed by atoms with Gasteiger partial charge in [-0.1, -0.05) is 19.0 Å². The van der Waals surface area contributed by atoms with Gasteiger partial charge in [-0.05, 0) is 58.3 Å². The Kier molecular flexibility index (Phi) is 6.49. The van der Waals surface area contributed by atoms with Gasteiger partial charge in [-0.25, -0.2) is 4.79 Å². The number of oxime groups is 1. The SMILES string of the molecule is CC(C)CC(CC1CCN(C(=O)OC(C)(C)C)CC1)=NO. The van der Waals surface area contributed by atoms with Crippen LogP contribution in [0, 0.1) is 11.8 Å². The smallest absolute Gasteiger partial charge is 0.410 e. The van der Waals surface area contributed by atoms with Crippen LogP contribution in [0.4, 0.5) is 4.79 Å². The molecule has 1 saturated heterocycles. The summed E-state index contributed by atoms with van der Waals surface area (Å²) in [7, 11) is 0. The van der Waals surface area contributed by atoms with Crippen LogP contribution >= 0.6 is 0 Å². The van der Waals surface area contributed by atoms with Crippen molar-refractivity contribution in [2.24, 2.45) is 17.0 Å². The zero-order valence-electron chi connectivity index (χ0n) is 14.1. The van der Waals surface area contributed by atoms with E-state index in [1.165, 1.54) is 0 Å². The van der Waals surface area contributed by atoms with Crippen molar-refractivity contribution in [3.8, 4) is 0 Å². The summed E-state index contributed by atoms with van der Waals surface area (Å²) in [6.45, 7) is 11.3. The Labute approximate surface area is 128 Å². The molecule has 0 aliphatic carbocycles. The molecule has 1 amide bonds. The van der Waals surface area contributed by atoms with Crippen LogP contribution in [0.15, 0.2) is 5.16 Å². The van der Waals surface area contributed by atoms with Gasteiger partial charge in [-0.3, -0.25) is 0 Å². The Morgan fingerprint density at radius 2 is 1.90 bits per heavy atom. The molecule has 0 radical (unpaired) electrons. The minimum Gasteiger partial charge on any atom is -0.444 e. The van der Waals surface area contributed by atoms with Gasteiger partial charge in [0.1, 0.15) is 5.60 Å². The third-order valence-electron chi connectivity index (χ3n) is 3.58. The van der Waals surface area contributed by atoms with E-state index in [-0.39, 0.29) is 6.09 Å². The Bertz CT molecular complexity index is 364. The van der Waals surface area contributed by atoms with Gasteiger partial charge in [0.05, 0.1) is 5.71 Å². The summed E-state index contributed by atoms with van der Waals surface area (Å²) in [5, 5.41) is 12.5. The Morgan fingerprint density at radius 1 is 1.33 bits per heavy atom. The molecule has 0 saturated carbocycles. The van der Waals surface area contributed by atoms with E-state index in [2.05, 4.69) is 19.0 Å². The summed E-state index contributed by atoms with van der Waals surface area (Å²) in [5.41, 5.74) is 0.433. The van der Waals surface area contributed by atoms with Crippen LogP contribution < -0.4 is 0 Å². The third kappa shape index (κ3) is 6.82. The molecule has 5 nitrogen and oxygen atoms in total. The highest BCUT2D eigenvalue weighted by atomic mass is 16.6. The molecule has 5 heteroatoms. The lowest BCUT2D eigenvalue weighted by molar-refractivity contribution is 0.0186. The minimum absolute atomic E-state index is 0.223. The molecule has 0 bridgehead atoms. The first-order valence-electron chi connectivity index (χ1n) is 7.89. The van der Waals surface area contributed by atoms with Crippen LogP contribution in [-0.4, -0.2) is 40.6 Å². The van der Waals surface area contributed by atoms with E-state index < -0.39 is 5.60 Å². The van der Waals surface area contributed by atoms with Crippen molar-refractivity contribution < 1.29 is 14.7 Å². The molecule has 0 aromatic rings. The molecule has 0 spiro atoms. The van der Waals surface area contributed by atoms with Crippen LogP contribution in [0.5, 0.6) is 0 Å². The number of carbonyl (C=O) groups is 1. The highest BCUT2D eigenvalue weighted by Crippen LogP contribution is 2.24. The van der Waals surface area contributed by atoms with Crippen LogP contribution in [0.3, 0.4) is 0 Å². The van der Waals surface area contributed by atoms with Gasteiger partial charge in [-0.2, -0.15) is 0 Å². The molecule has 0 unspecified atom stereocenters. The number of rotatable bonds is 4. The maximum atomic E-state index is 12.0. The molecule has 0 aromatic carbocycles. The van der Waals surface area contributed by atoms with E-state index in [0.717, 1.165) is 44.5 Å². The molecule has 1 heterocycles. The van der Waals surface area contributed by atoms with Crippen molar-refractivity contribution in [2.45, 2.75) is 65.9 Å². The summed E-state index contributed by atoms with van der Waals surface area (Å²) >= 11 is 0. The molecule has 1 aliphatic heterocycles. The number of piperidine rings is 1. The quantitative estimate of drug-likeness (QED) is 0.486. The zero-order valence-corrected chi connectivity index (χ0v) is 14.1. The van der Waals surface area contributed by atoms with Crippen molar-refractivity contribution in [3.05, 3.63) is 0 Å². The second-order valence-electron chi connectivity index (χ2n) is 7.38. The van der Waals surface area contributed by atoms with Crippen LogP contribution in [-0.2, 0) is 4.74 Å². The highest BCUT2D eigenvalue weighted by molar-refractivity contribution is 5.84. The normalized spacial score (nSPS) is 18.2. The maximum Gasteiger partial charge on any atom is 0.410 e. The van der Waals surface area contributed by atoms with E-state index in [1.807, 2.05) is 20.8 Å². The first-order chi connectivity index (χ1) is 9.71. The lowest BCUT2D eigenvalue weighted by atomic mass is 9.89. The highest BCUT2D eigenvalue weighted by Gasteiger charge is 2.27. The summed E-state index contributed by atoms with van der Waals surface area (Å²) in [6.07, 6.45) is 3.32. The second kappa shape index (κ2) is 7.66. The van der Waals surface area contributed by atoms with Crippen molar-refractivity contribution in [1.82, 2.24) is 4.90 Å². The monoisotopic (exact) mass is 298 g/mol. The topological polar surface area (TPSA) is 62.1 Å². The van der Waals surface area contributed by atoms with Gasteiger partial charge in [0.2, 0.25) is 0 Å². The first kappa shape index (κ1) is 17.8. The van der Waals surface area contributed by atoms with Crippen molar-refractivity contribution in [2.75, 3.05) is 13.1 Å². The van der Waals surface area contributed by atoms with Gasteiger partial charge in [0.25, 0.3) is 0 Å². The van der Waals surface area contributed by atoms with E-state index in [9.17, 15) is 4.79 Å². The number of carbonyl (C=O) groups excluding carboxylic acids is 1. The lowest BCUT2D eigenvalue weighted by Crippen LogP contribution is -2.42. The number of ether oxygens (including phenoxy) is 1. The van der Waals surface area contributed by atoms with E-state index in [1.54, 1.807) is 4.90 Å². The molecule has 1 fully saturated rings. The average molecular weight is 298 g/mol. The molecular formula is C16H30N2O3. The Morgan fingerprint density at radius 3 is 2.33 bits per heavy atom. The average Bonchev–Trinajstić information content (AvgIpc) is 2.36. The third-order valence-corrected chi connectivity index (χ3v) is 3.58. The van der Waals surface area contributed by atoms with E-state index in [0.29, 0.717) is 11.8 Å². The number of nitrogens with zero attached hydrogens (tertiary/aromatic N) is 2. The standard InChI is InChI=1S/C16H30N2O3/c1-12(2)10-14(17-20)11-13-6-8-18(9-7-13)15(19)21-16(3,4)5/h12-13,20H,6-11H2,1-5H3. The fraction of sp³-hybridized carbons (Fsp3) is 0.875. The molecular weight excluding hydrogens is 268 g/mol. The zero-order chi connectivity index (χ0) is 16.0. The number of likely N-dealkylation sites (tertiary alicyclic amines) is 1. The van der Waals surface area contributed by atoms with Crippen LogP contribution in [0.25, 0.3) is 0 Å². The predicted octanol–water partition coefficient (Wildman–Crippen LogP) is 3.90. The maximum absolute atomic E-state index is 12.0. The lowest BCUT2D eigenvalue weighted by Gasteiger charge is -2.33. The first-order valence-corrected chi connectivity index (χ1v) is 7.89. The number of hydrogen-bond donors (Lipinski definition) is 1. The number of hydrogen-bond acceptors (Lipinski definition) is 4. The summed E-state index contributed by atoms with van der Waals surface area (Å²) in [5.74, 6) is 0.992. The summed E-state index contributed by atoms with van der Waals surface area (Å²) in [4.78, 5) is 13.8. The van der Waals surface area contributed by atoms with Gasteiger partial charge in [0.15, 0.2) is 0 Å². The van der Waals surface area contributed by atoms with Gasteiger partial charge in [-0.15, -0.1) is 0 Å². The molecule has 1 aliphatic rings. The van der Waals surface area contributed by atoms with E-state index in [4.69, 9.17) is 9.94 Å². The van der Waals surface area contributed by atoms with E-state index >= 15 is 0 Å². The Hall–Kier alpha value is -1.26. The fourth-order valence-electron chi connectivity index (χ4n) is 2.62. The molecule has 122 valence electrons. The Balaban J connectivity index is 2.40. The van der Waals surface area contributed by atoms with Crippen molar-refractivity contribution in [1.29, 1.82) is 0 Å². The van der Waals surface area contributed by atoms with Gasteiger partial charge < -0.3 is 14.8 Å². The van der Waals surface area contributed by atoms with Gasteiger partial charge >= 0.3 is 6.09 Å². The van der Waals surface area contributed by atoms with Crippen LogP contribution in [0.1, 0.15) is 60.3 Å². The predicted molar refractivity (Wildman–Crippen MR) is 83.8 cm³/mol. The fourth-order valence-corrected chi connectivity index (χ4v) is 2.62. The molecule has 0 atom stereocenters. The number of amides is 1.